The van der Waals surface area contributed by atoms with Crippen LogP contribution in [0, 0.1) is 0 Å². The summed E-state index contributed by atoms with van der Waals surface area (Å²) < 4.78 is 7.13. The Bertz CT molecular complexity index is 6.00. The molecule has 0 rings (SSSR count). The van der Waals surface area contributed by atoms with Gasteiger partial charge in [0, 0.05) is 19.5 Å². The molecule has 0 aromatic carbocycles. The van der Waals surface area contributed by atoms with Gasteiger partial charge in [0.1, 0.15) is 0 Å². The Kier molecular flexibility index (Phi) is 124. The largest absolute Gasteiger partial charge is 0 e. The predicted octanol–water partition coefficient (Wildman–Crippen LogP) is -2.03. The fourth-order valence-corrected chi connectivity index (χ4v) is 0. The maximum Gasteiger partial charge on any atom is 0 e. The minimum atomic E-state index is 0. The zero-order valence-corrected chi connectivity index (χ0v) is 8.49. The average molecular weight is 220 g/mol. The summed E-state index contributed by atoms with van der Waals surface area (Å²) in [5.74, 6) is 0. The molecule has 0 amide bonds. The van der Waals surface area contributed by atoms with E-state index >= 15 is 0 Å². The van der Waals surface area contributed by atoms with Gasteiger partial charge in [-0.25, -0.2) is 0 Å². The quantitative estimate of drug-likeness (QED) is 0.470. The Balaban J connectivity index is -0.00000000500. The molecule has 0 aromatic rings. The van der Waals surface area contributed by atoms with E-state index in [1.54, 1.807) is 0 Å². The third-order valence-corrected chi connectivity index (χ3v) is 0. The molecule has 0 aliphatic rings. The van der Waals surface area contributed by atoms with Gasteiger partial charge in [0.05, 0.1) is 0 Å². The van der Waals surface area contributed by atoms with Crippen LogP contribution >= 0.6 is 0 Å². The first kappa shape index (κ1) is 18.4. The maximum absolute atomic E-state index is 7.13. The summed E-state index contributed by atoms with van der Waals surface area (Å²) in [5, 5.41) is 0. The molecule has 2 nitrogen and oxygen atoms in total. The number of hydrogen-bond acceptors (Lipinski definition) is 1. The second kappa shape index (κ2) is 26.9. The first-order valence-corrected chi connectivity index (χ1v) is 1.73. The van der Waals surface area contributed by atoms with E-state index in [4.69, 9.17) is 3.44 Å². The molecule has 4 heteroatoms. The van der Waals surface area contributed by atoms with E-state index in [9.17, 15) is 0 Å². The predicted molar refractivity (Wildman–Crippen MR) is 13.0 cm³/mol. The van der Waals surface area contributed by atoms with Gasteiger partial charge in [-0.05, 0) is 0 Å². The minimum Gasteiger partial charge on any atom is 0 e. The van der Waals surface area contributed by atoms with Crippen LogP contribution in [0.1, 0.15) is 0 Å². The summed E-state index contributed by atoms with van der Waals surface area (Å²) in [6.07, 6.45) is 0. The van der Waals surface area contributed by atoms with Gasteiger partial charge in [-0.2, -0.15) is 0 Å². The summed E-state index contributed by atoms with van der Waals surface area (Å²) in [6.45, 7) is 0. The van der Waals surface area contributed by atoms with Gasteiger partial charge in [-0.15, -0.1) is 0 Å². The first-order valence-electron chi connectivity index (χ1n) is 0.258. The van der Waals surface area contributed by atoms with Gasteiger partial charge in [-0.1, -0.05) is 0 Å². The first-order chi connectivity index (χ1) is 1.00. The molecule has 3 N–H and O–H groups in total. The molecule has 0 spiro atoms. The van der Waals surface area contributed by atoms with E-state index in [-0.39, 0.29) is 25.0 Å². The van der Waals surface area contributed by atoms with Gasteiger partial charge in [0.15, 0.2) is 0 Å². The van der Waals surface area contributed by atoms with Crippen molar-refractivity contribution in [1.29, 1.82) is 0 Å². The van der Waals surface area contributed by atoms with Crippen LogP contribution < -0.4 is 0 Å². The molecule has 0 bridgehead atoms. The van der Waals surface area contributed by atoms with Crippen LogP contribution in [0.3, 0.4) is 0 Å². The summed E-state index contributed by atoms with van der Waals surface area (Å²) >= 11 is 0.350. The summed E-state index contributed by atoms with van der Waals surface area (Å²) in [4.78, 5) is 0. The molecular weight excluding hydrogens is 216 g/mol. The summed E-state index contributed by atoms with van der Waals surface area (Å²) in [7, 11) is 0. The van der Waals surface area contributed by atoms with Gasteiger partial charge in [-0.3, -0.25) is 0 Å². The average Bonchev–Trinajstić information content (AvgIpc) is 1.00. The molecule has 0 unspecified atom stereocenters. The van der Waals surface area contributed by atoms with E-state index in [1.807, 2.05) is 0 Å². The second-order valence-electron chi connectivity index (χ2n) is 0. The normalized spacial score (nSPS) is 1.50. The van der Waals surface area contributed by atoms with Crippen LogP contribution in [-0.4, -0.2) is 31.9 Å². The van der Waals surface area contributed by atoms with E-state index in [0.29, 0.717) is 22.9 Å². The molecule has 0 aromatic heterocycles. The Labute approximate surface area is 51.3 Å². The molecule has 4 heavy (non-hydrogen) atoms. The van der Waals surface area contributed by atoms with Gasteiger partial charge in [0.25, 0.3) is 0 Å². The Morgan fingerprint density at radius 3 is 1.25 bits per heavy atom. The second-order valence-corrected chi connectivity index (χ2v) is 0. The Morgan fingerprint density at radius 1 is 1.25 bits per heavy atom. The van der Waals surface area contributed by atoms with Crippen LogP contribution in [-0.2, 0) is 19.5 Å². The fourth-order valence-electron chi connectivity index (χ4n) is 0. The van der Waals surface area contributed by atoms with Crippen molar-refractivity contribution in [3.63, 3.8) is 0 Å². The molecule has 0 fully saturated rings. The van der Waals surface area contributed by atoms with Crippen LogP contribution in [0.5, 0.6) is 0 Å². The molecule has 0 aliphatic heterocycles. The fraction of sp³-hybridized carbons (Fsp3) is 0. The van der Waals surface area contributed by atoms with E-state index in [2.05, 4.69) is 0 Å². The third kappa shape index (κ3) is 10.2. The zero-order chi connectivity index (χ0) is 2.00. The van der Waals surface area contributed by atoms with Crippen molar-refractivity contribution < 1.29 is 28.4 Å². The van der Waals surface area contributed by atoms with Crippen molar-refractivity contribution in [2.75, 3.05) is 0 Å². The van der Waals surface area contributed by atoms with E-state index < -0.39 is 0 Å². The third-order valence-electron chi connectivity index (χ3n) is 0. The standard InChI is InChI=1S/2H2O.Sn.Zn.H/h2*1H2;;;/q;;+1;;/p-1. The van der Waals surface area contributed by atoms with Gasteiger partial charge < -0.3 is 5.48 Å². The van der Waals surface area contributed by atoms with Crippen molar-refractivity contribution in [1.82, 2.24) is 0 Å². The number of rotatable bonds is 0. The molecule has 0 heterocycles. The topological polar surface area (TPSA) is 51.7 Å². The molecule has 0 saturated carbocycles. The van der Waals surface area contributed by atoms with Gasteiger partial charge in [0.2, 0.25) is 0 Å². The van der Waals surface area contributed by atoms with Crippen molar-refractivity contribution in [3.05, 3.63) is 0 Å². The van der Waals surface area contributed by atoms with Crippen LogP contribution in [0.15, 0.2) is 0 Å². The summed E-state index contributed by atoms with van der Waals surface area (Å²) in [5.41, 5.74) is 0. The van der Waals surface area contributed by atoms with Crippen molar-refractivity contribution in [2.45, 2.75) is 0 Å². The van der Waals surface area contributed by atoms with Crippen molar-refractivity contribution in [2.24, 2.45) is 0 Å². The Hall–Kier alpha value is 1.34. The smallest absolute Gasteiger partial charge is 0 e. The SMILES string of the molecule is O.[OH][SnH].[Zn]. The van der Waals surface area contributed by atoms with Crippen LogP contribution in [0.4, 0.5) is 0 Å². The molecule has 0 atom stereocenters. The Morgan fingerprint density at radius 2 is 1.25 bits per heavy atom. The molecule has 0 saturated heterocycles. The number of hydrogen-bond donors (Lipinski definition) is 1. The molecule has 22 valence electrons. The molecule has 0 aliphatic carbocycles. The van der Waals surface area contributed by atoms with Gasteiger partial charge >= 0.3 is 26.4 Å². The molecular formula is H4O2SnZn. The molecule has 2 radical (unpaired) electrons. The van der Waals surface area contributed by atoms with Crippen LogP contribution in [0.2, 0.25) is 0 Å². The minimum absolute atomic E-state index is 0. The summed E-state index contributed by atoms with van der Waals surface area (Å²) in [6, 6.07) is 0. The van der Waals surface area contributed by atoms with Crippen LogP contribution in [0.25, 0.3) is 0 Å². The van der Waals surface area contributed by atoms with Crippen molar-refractivity contribution in [3.8, 4) is 0 Å². The maximum atomic E-state index is 7.13. The van der Waals surface area contributed by atoms with Crippen molar-refractivity contribution >= 4 is 22.9 Å². The van der Waals surface area contributed by atoms with E-state index in [1.165, 1.54) is 0 Å². The van der Waals surface area contributed by atoms with E-state index in [0.717, 1.165) is 0 Å². The zero-order valence-electron chi connectivity index (χ0n) is 2.23. The monoisotopic (exact) mass is 220 g/mol.